The summed E-state index contributed by atoms with van der Waals surface area (Å²) in [7, 11) is 4.77. The first-order valence-electron chi connectivity index (χ1n) is 22.8. The molecule has 3 unspecified atom stereocenters. The van der Waals surface area contributed by atoms with Crippen molar-refractivity contribution in [1.29, 1.82) is 0 Å². The van der Waals surface area contributed by atoms with Gasteiger partial charge in [-0.05, 0) is 54.6 Å². The number of aromatic nitrogens is 8. The molecule has 0 aliphatic carbocycles. The number of imidazole rings is 2. The predicted octanol–water partition coefficient (Wildman–Crippen LogP) is 7.84. The van der Waals surface area contributed by atoms with Crippen LogP contribution in [0.15, 0.2) is 72.7 Å². The van der Waals surface area contributed by atoms with Gasteiger partial charge in [0.15, 0.2) is 11.5 Å². The summed E-state index contributed by atoms with van der Waals surface area (Å²) in [5.74, 6) is 4.06. The zero-order valence-electron chi connectivity index (χ0n) is 38.7. The second-order valence-corrected chi connectivity index (χ2v) is 19.1. The van der Waals surface area contributed by atoms with Crippen molar-refractivity contribution in [2.45, 2.75) is 51.3 Å². The molecule has 0 spiro atoms. The summed E-state index contributed by atoms with van der Waals surface area (Å²) in [4.78, 5) is 24.5. The van der Waals surface area contributed by atoms with Crippen LogP contribution in [0.1, 0.15) is 30.0 Å². The number of hydrogen-bond acceptors (Lipinski definition) is 22. The highest BCUT2D eigenvalue weighted by Gasteiger charge is 2.35. The number of anilines is 2. The molecule has 2 aromatic carbocycles. The number of fused-ring (bicyclic) bond motifs is 6. The van der Waals surface area contributed by atoms with Crippen LogP contribution in [-0.4, -0.2) is 118 Å². The summed E-state index contributed by atoms with van der Waals surface area (Å²) in [6.07, 6.45) is 7.55. The third kappa shape index (κ3) is 8.34. The molecule has 3 atom stereocenters. The van der Waals surface area contributed by atoms with Crippen molar-refractivity contribution < 1.29 is 55.6 Å². The van der Waals surface area contributed by atoms with Gasteiger partial charge < -0.3 is 65.4 Å². The van der Waals surface area contributed by atoms with E-state index in [-0.39, 0.29) is 38.1 Å². The van der Waals surface area contributed by atoms with Crippen molar-refractivity contribution in [2.24, 2.45) is 0 Å². The second kappa shape index (κ2) is 17.7. The Morgan fingerprint density at radius 2 is 1.31 bits per heavy atom. The number of benzene rings is 2. The number of methoxy groups -OCH3 is 3. The first-order valence-corrected chi connectivity index (χ1v) is 24.5. The van der Waals surface area contributed by atoms with Crippen LogP contribution in [-0.2, 0) is 22.7 Å². The lowest BCUT2D eigenvalue weighted by Gasteiger charge is -2.31. The Hall–Kier alpha value is -7.54. The van der Waals surface area contributed by atoms with Crippen LogP contribution in [0.5, 0.6) is 33.4 Å². The van der Waals surface area contributed by atoms with Crippen molar-refractivity contribution >= 4 is 66.6 Å². The number of nitrogens with zero attached hydrogens (tertiary/aromatic N) is 10. The van der Waals surface area contributed by atoms with E-state index in [1.54, 1.807) is 49.0 Å². The molecule has 71 heavy (non-hydrogen) atoms. The summed E-state index contributed by atoms with van der Waals surface area (Å²) in [6, 6.07) is 12.1. The van der Waals surface area contributed by atoms with Gasteiger partial charge in [-0.25, -0.2) is 19.0 Å². The van der Waals surface area contributed by atoms with Crippen LogP contribution < -0.4 is 38.2 Å². The SMILES string of the molecule is COc1cc(OCc2nc(N3CCOC(COc4nn5cc(-c6cc7c(OCc8coc(N9CC%10CCC(C9)O%10)n8)cc(OC)cc7o6)nc5s4)C3)oc2C)c2cc(-c3cn4nc(OC)sc4n3)oc2c1. The second-order valence-electron chi connectivity index (χ2n) is 17.3. The molecule has 3 fully saturated rings. The first-order chi connectivity index (χ1) is 34.8. The molecule has 3 aliphatic heterocycles. The van der Waals surface area contributed by atoms with E-state index < -0.39 is 0 Å². The Labute approximate surface area is 410 Å². The van der Waals surface area contributed by atoms with Crippen LogP contribution in [0.3, 0.4) is 0 Å². The third-order valence-electron chi connectivity index (χ3n) is 12.6. The van der Waals surface area contributed by atoms with Crippen molar-refractivity contribution in [3.63, 3.8) is 0 Å². The lowest BCUT2D eigenvalue weighted by Crippen LogP contribution is -2.45. The number of oxazole rings is 2. The van der Waals surface area contributed by atoms with E-state index in [0.29, 0.717) is 126 Å². The van der Waals surface area contributed by atoms with Gasteiger partial charge in [0.25, 0.3) is 22.4 Å². The van der Waals surface area contributed by atoms with Crippen LogP contribution in [0.2, 0.25) is 0 Å². The summed E-state index contributed by atoms with van der Waals surface area (Å²) in [5.41, 5.74) is 3.74. The van der Waals surface area contributed by atoms with E-state index in [4.69, 9.17) is 70.5 Å². The molecule has 22 nitrogen and oxygen atoms in total. The highest BCUT2D eigenvalue weighted by molar-refractivity contribution is 7.18. The first kappa shape index (κ1) is 43.5. The van der Waals surface area contributed by atoms with Gasteiger partial charge in [0.2, 0.25) is 9.92 Å². The van der Waals surface area contributed by atoms with Crippen molar-refractivity contribution in [3.05, 3.63) is 72.2 Å². The quantitative estimate of drug-likeness (QED) is 0.0900. The Morgan fingerprint density at radius 3 is 1.96 bits per heavy atom. The zero-order valence-corrected chi connectivity index (χ0v) is 40.3. The highest BCUT2D eigenvalue weighted by Crippen LogP contribution is 2.40. The average Bonchev–Trinajstić information content (AvgIpc) is 4.24. The van der Waals surface area contributed by atoms with Gasteiger partial charge in [0.1, 0.15) is 94.9 Å². The van der Waals surface area contributed by atoms with Gasteiger partial charge in [0, 0.05) is 43.9 Å². The van der Waals surface area contributed by atoms with Crippen LogP contribution >= 0.6 is 22.7 Å². The summed E-state index contributed by atoms with van der Waals surface area (Å²) < 4.78 is 75.1. The summed E-state index contributed by atoms with van der Waals surface area (Å²) in [5, 5.41) is 11.5. The molecule has 10 aromatic rings. The molecule has 2 bridgehead atoms. The fraction of sp³-hybridized carbons (Fsp3) is 0.362. The van der Waals surface area contributed by atoms with Crippen molar-refractivity contribution in [1.82, 2.24) is 39.2 Å². The lowest BCUT2D eigenvalue weighted by molar-refractivity contribution is 0.00864. The number of morpholine rings is 2. The maximum absolute atomic E-state index is 6.37. The van der Waals surface area contributed by atoms with Gasteiger partial charge in [-0.2, -0.15) is 9.97 Å². The zero-order chi connectivity index (χ0) is 47.7. The van der Waals surface area contributed by atoms with E-state index in [1.807, 2.05) is 48.2 Å². The molecule has 8 aromatic heterocycles. The molecule has 11 heterocycles. The lowest BCUT2D eigenvalue weighted by atomic mass is 10.2. The molecular formula is C47H44N10O12S2. The topological polar surface area (TPSA) is 219 Å². The Balaban J connectivity index is 0.640. The van der Waals surface area contributed by atoms with Crippen LogP contribution in [0, 0.1) is 6.92 Å². The number of furan rings is 2. The Morgan fingerprint density at radius 1 is 0.662 bits per heavy atom. The summed E-state index contributed by atoms with van der Waals surface area (Å²) >= 11 is 2.66. The van der Waals surface area contributed by atoms with E-state index in [2.05, 4.69) is 20.1 Å². The highest BCUT2D eigenvalue weighted by atomic mass is 32.1. The minimum absolute atomic E-state index is 0.148. The third-order valence-corrected chi connectivity index (χ3v) is 14.3. The van der Waals surface area contributed by atoms with Crippen LogP contribution in [0.4, 0.5) is 12.0 Å². The van der Waals surface area contributed by atoms with Crippen molar-refractivity contribution in [3.8, 4) is 56.3 Å². The largest absolute Gasteiger partial charge is 0.496 e. The van der Waals surface area contributed by atoms with Gasteiger partial charge in [-0.1, -0.05) is 0 Å². The minimum Gasteiger partial charge on any atom is -0.496 e. The molecular weight excluding hydrogens is 961 g/mol. The smallest absolute Gasteiger partial charge is 0.297 e. The van der Waals surface area contributed by atoms with Gasteiger partial charge >= 0.3 is 0 Å². The molecule has 0 saturated carbocycles. The fourth-order valence-corrected chi connectivity index (χ4v) is 10.5. The number of hydrogen-bond donors (Lipinski definition) is 0. The van der Waals surface area contributed by atoms with Gasteiger partial charge in [-0.15, -0.1) is 10.2 Å². The minimum atomic E-state index is -0.276. The van der Waals surface area contributed by atoms with E-state index in [1.165, 1.54) is 22.7 Å². The average molecular weight is 1010 g/mol. The molecule has 0 amide bonds. The standard InChI is InChI=1S/C47H44N10O12S2/c1-24-35(23-63-37-10-29(59-3)12-39-32(37)14-41(69-39)33-18-56-44(50-33)70-46(52-56)60-4)49-43(66-24)54-7-8-61-30(17-54)22-65-47-53-57-19-34(51-45(57)71-47)40-13-31-36(9-28(58-2)11-38(31)68-40)62-20-25-21-64-42(48-25)55-15-26-5-6-27(16-55)67-26/h9-14,18-19,21,26-27,30H,5-8,15-17,20,22-23H2,1-4H3. The number of rotatable bonds is 16. The van der Waals surface area contributed by atoms with Crippen molar-refractivity contribution in [2.75, 3.05) is 70.5 Å². The van der Waals surface area contributed by atoms with Crippen LogP contribution in [0.25, 0.3) is 54.8 Å². The van der Waals surface area contributed by atoms with E-state index in [0.717, 1.165) is 36.7 Å². The predicted molar refractivity (Wildman–Crippen MR) is 256 cm³/mol. The Kier molecular flexibility index (Phi) is 10.8. The van der Waals surface area contributed by atoms with Gasteiger partial charge in [-0.3, -0.25) is 0 Å². The number of aryl methyl sites for hydroxylation is 1. The molecule has 13 rings (SSSR count). The van der Waals surface area contributed by atoms with Gasteiger partial charge in [0.05, 0.1) is 69.9 Å². The Bertz CT molecular complexity index is 3490. The molecule has 366 valence electrons. The number of ether oxygens (including phenoxy) is 8. The van der Waals surface area contributed by atoms with E-state index in [9.17, 15) is 0 Å². The van der Waals surface area contributed by atoms with E-state index >= 15 is 0 Å². The molecule has 3 aliphatic rings. The molecule has 24 heteroatoms. The molecule has 3 saturated heterocycles. The normalized spacial score (nSPS) is 18.2. The molecule has 0 N–H and O–H groups in total. The monoisotopic (exact) mass is 1000 g/mol. The molecule has 0 radical (unpaired) electrons. The summed E-state index contributed by atoms with van der Waals surface area (Å²) in [6.45, 7) is 5.57. The maximum Gasteiger partial charge on any atom is 0.297 e. The maximum atomic E-state index is 6.37. The fourth-order valence-electron chi connectivity index (χ4n) is 9.05.